The predicted octanol–water partition coefficient (Wildman–Crippen LogP) is 6.54. The molecule has 2 fully saturated rings. The molecule has 0 spiro atoms. The van der Waals surface area contributed by atoms with Gasteiger partial charge in [0.1, 0.15) is 0 Å². The number of rotatable bonds is 6. The van der Waals surface area contributed by atoms with Crippen LogP contribution in [0.3, 0.4) is 0 Å². The summed E-state index contributed by atoms with van der Waals surface area (Å²) in [5, 5.41) is 8.95. The van der Waals surface area contributed by atoms with E-state index in [4.69, 9.17) is 10.00 Å². The van der Waals surface area contributed by atoms with Gasteiger partial charge >= 0.3 is 0 Å². The Kier molecular flexibility index (Phi) is 7.72. The van der Waals surface area contributed by atoms with Crippen LogP contribution in [0.15, 0.2) is 48.6 Å². The van der Waals surface area contributed by atoms with Crippen molar-refractivity contribution in [2.24, 2.45) is 11.8 Å². The number of ether oxygens (including phenoxy) is 1. The van der Waals surface area contributed by atoms with Crippen LogP contribution in [0, 0.1) is 23.2 Å². The number of nitriles is 1. The summed E-state index contributed by atoms with van der Waals surface area (Å²) in [4.78, 5) is 0. The summed E-state index contributed by atoms with van der Waals surface area (Å²) in [5.41, 5.74) is 2.19. The molecule has 0 aliphatic heterocycles. The Morgan fingerprint density at radius 1 is 0.926 bits per heavy atom. The van der Waals surface area contributed by atoms with Crippen LogP contribution in [0.4, 0.5) is 0 Å². The van der Waals surface area contributed by atoms with E-state index in [1.54, 1.807) is 0 Å². The van der Waals surface area contributed by atoms with E-state index >= 15 is 0 Å². The van der Waals surface area contributed by atoms with Gasteiger partial charge in [0.25, 0.3) is 0 Å². The van der Waals surface area contributed by atoms with Crippen molar-refractivity contribution in [1.82, 2.24) is 0 Å². The molecule has 2 nitrogen and oxygen atoms in total. The normalized spacial score (nSPS) is 29.2. The van der Waals surface area contributed by atoms with Crippen LogP contribution >= 0.6 is 0 Å². The molecule has 144 valence electrons. The number of hydrogen-bond acceptors (Lipinski definition) is 2. The molecule has 0 bridgehead atoms. The van der Waals surface area contributed by atoms with Crippen LogP contribution in [-0.4, -0.2) is 12.7 Å². The van der Waals surface area contributed by atoms with Crippen LogP contribution in [0.5, 0.6) is 0 Å². The maximum Gasteiger partial charge on any atom is 0.0991 e. The fourth-order valence-electron chi connectivity index (χ4n) is 4.92. The van der Waals surface area contributed by atoms with Crippen molar-refractivity contribution in [1.29, 1.82) is 5.26 Å². The summed E-state index contributed by atoms with van der Waals surface area (Å²) in [5.74, 6) is 2.51. The molecule has 0 heterocycles. The first-order chi connectivity index (χ1) is 13.3. The second-order valence-corrected chi connectivity index (χ2v) is 8.17. The second-order valence-electron chi connectivity index (χ2n) is 8.17. The van der Waals surface area contributed by atoms with E-state index in [0.717, 1.165) is 24.0 Å². The molecule has 0 N–H and O–H groups in total. The molecular formula is C25H33NO. The highest BCUT2D eigenvalue weighted by Crippen LogP contribution is 2.43. The monoisotopic (exact) mass is 363 g/mol. The zero-order valence-corrected chi connectivity index (χ0v) is 16.6. The fourth-order valence-corrected chi connectivity index (χ4v) is 4.92. The molecule has 2 saturated carbocycles. The van der Waals surface area contributed by atoms with Crippen molar-refractivity contribution < 1.29 is 4.74 Å². The maximum atomic E-state index is 8.95. The summed E-state index contributed by atoms with van der Waals surface area (Å²) in [7, 11) is 0. The third kappa shape index (κ3) is 5.81. The first-order valence-corrected chi connectivity index (χ1v) is 10.7. The van der Waals surface area contributed by atoms with Crippen molar-refractivity contribution >= 4 is 0 Å². The standard InChI is InChI=1S/C25H33NO/c1-2-3-4-5-18-27-25-16-14-24(15-17-25)23-12-10-22(11-13-23)21-8-6-20(19-26)7-9-21/h2-9,22-25H,10-18H2,1H3/t22-,23-,24-,25-. The molecule has 0 radical (unpaired) electrons. The van der Waals surface area contributed by atoms with E-state index in [-0.39, 0.29) is 0 Å². The summed E-state index contributed by atoms with van der Waals surface area (Å²) < 4.78 is 6.02. The quantitative estimate of drug-likeness (QED) is 0.538. The van der Waals surface area contributed by atoms with Crippen molar-refractivity contribution in [2.75, 3.05) is 6.61 Å². The molecular weight excluding hydrogens is 330 g/mol. The Balaban J connectivity index is 1.38. The third-order valence-electron chi connectivity index (χ3n) is 6.54. The number of allylic oxidation sites excluding steroid dienone is 3. The Labute approximate surface area is 164 Å². The van der Waals surface area contributed by atoms with E-state index < -0.39 is 0 Å². The van der Waals surface area contributed by atoms with E-state index in [9.17, 15) is 0 Å². The van der Waals surface area contributed by atoms with Crippen LogP contribution in [0.2, 0.25) is 0 Å². The second kappa shape index (κ2) is 10.5. The van der Waals surface area contributed by atoms with Gasteiger partial charge in [0.2, 0.25) is 0 Å². The predicted molar refractivity (Wildman–Crippen MR) is 112 cm³/mol. The third-order valence-corrected chi connectivity index (χ3v) is 6.54. The lowest BCUT2D eigenvalue weighted by atomic mass is 9.69. The lowest BCUT2D eigenvalue weighted by Gasteiger charge is -2.37. The minimum Gasteiger partial charge on any atom is -0.374 e. The molecule has 2 heteroatoms. The molecule has 0 amide bonds. The summed E-state index contributed by atoms with van der Waals surface area (Å²) in [6.45, 7) is 2.78. The van der Waals surface area contributed by atoms with Crippen molar-refractivity contribution in [3.8, 4) is 6.07 Å². The minimum absolute atomic E-state index is 0.464. The molecule has 0 saturated heterocycles. The van der Waals surface area contributed by atoms with Gasteiger partial charge in [0.15, 0.2) is 0 Å². The van der Waals surface area contributed by atoms with Crippen LogP contribution in [0.25, 0.3) is 0 Å². The van der Waals surface area contributed by atoms with Crippen molar-refractivity contribution in [3.63, 3.8) is 0 Å². The van der Waals surface area contributed by atoms with Crippen LogP contribution < -0.4 is 0 Å². The van der Waals surface area contributed by atoms with Gasteiger partial charge in [-0.2, -0.15) is 5.26 Å². The van der Waals surface area contributed by atoms with E-state index in [1.807, 2.05) is 25.1 Å². The maximum absolute atomic E-state index is 8.95. The number of benzene rings is 1. The van der Waals surface area contributed by atoms with Crippen LogP contribution in [0.1, 0.15) is 75.3 Å². The highest BCUT2D eigenvalue weighted by atomic mass is 16.5. The van der Waals surface area contributed by atoms with Gasteiger partial charge in [-0.25, -0.2) is 0 Å². The zero-order valence-electron chi connectivity index (χ0n) is 16.6. The van der Waals surface area contributed by atoms with Gasteiger partial charge in [-0.05, 0) is 93.7 Å². The molecule has 2 aliphatic carbocycles. The average Bonchev–Trinajstić information content (AvgIpc) is 2.74. The highest BCUT2D eigenvalue weighted by molar-refractivity contribution is 5.33. The topological polar surface area (TPSA) is 33.0 Å². The number of nitrogens with zero attached hydrogens (tertiary/aromatic N) is 1. The summed E-state index contributed by atoms with van der Waals surface area (Å²) in [6.07, 6.45) is 19.2. The summed E-state index contributed by atoms with van der Waals surface area (Å²) in [6, 6.07) is 10.5. The Morgan fingerprint density at radius 2 is 1.56 bits per heavy atom. The van der Waals surface area contributed by atoms with Gasteiger partial charge in [-0.3, -0.25) is 0 Å². The zero-order chi connectivity index (χ0) is 18.9. The molecule has 1 aromatic carbocycles. The smallest absolute Gasteiger partial charge is 0.0991 e. The Morgan fingerprint density at radius 3 is 2.15 bits per heavy atom. The summed E-state index contributed by atoms with van der Waals surface area (Å²) >= 11 is 0. The van der Waals surface area contributed by atoms with E-state index in [0.29, 0.717) is 12.0 Å². The highest BCUT2D eigenvalue weighted by Gasteiger charge is 2.31. The SMILES string of the molecule is CC=CC=CCO[C@H]1CC[C@H]([C@H]2CC[C@H](c3ccc(C#N)cc3)CC2)CC1. The minimum atomic E-state index is 0.464. The molecule has 0 unspecified atom stereocenters. The van der Waals surface area contributed by atoms with Gasteiger partial charge in [-0.15, -0.1) is 0 Å². The molecule has 3 rings (SSSR count). The molecule has 27 heavy (non-hydrogen) atoms. The van der Waals surface area contributed by atoms with Gasteiger partial charge in [0.05, 0.1) is 24.3 Å². The van der Waals surface area contributed by atoms with Gasteiger partial charge in [0, 0.05) is 0 Å². The Bertz CT molecular complexity index is 651. The molecule has 1 aromatic rings. The largest absolute Gasteiger partial charge is 0.374 e. The lowest BCUT2D eigenvalue weighted by molar-refractivity contribution is 0.0223. The van der Waals surface area contributed by atoms with Crippen LogP contribution in [-0.2, 0) is 4.74 Å². The first-order valence-electron chi connectivity index (χ1n) is 10.7. The first kappa shape index (κ1) is 19.9. The molecule has 0 aromatic heterocycles. The van der Waals surface area contributed by atoms with E-state index in [2.05, 4.69) is 36.4 Å². The average molecular weight is 364 g/mol. The Hall–Kier alpha value is -1.85. The van der Waals surface area contributed by atoms with E-state index in [1.165, 1.54) is 56.9 Å². The van der Waals surface area contributed by atoms with Crippen molar-refractivity contribution in [3.05, 3.63) is 59.7 Å². The number of hydrogen-bond donors (Lipinski definition) is 0. The molecule has 2 aliphatic rings. The van der Waals surface area contributed by atoms with Gasteiger partial charge in [-0.1, -0.05) is 36.4 Å². The fraction of sp³-hybridized carbons (Fsp3) is 0.560. The lowest BCUT2D eigenvalue weighted by Crippen LogP contribution is -2.28. The van der Waals surface area contributed by atoms with Gasteiger partial charge < -0.3 is 4.74 Å². The molecule has 0 atom stereocenters. The van der Waals surface area contributed by atoms with Crippen molar-refractivity contribution in [2.45, 2.75) is 70.3 Å².